The lowest BCUT2D eigenvalue weighted by Gasteiger charge is -2.36. The summed E-state index contributed by atoms with van der Waals surface area (Å²) < 4.78 is 38.2. The van der Waals surface area contributed by atoms with Gasteiger partial charge in [-0.2, -0.15) is 0 Å². The van der Waals surface area contributed by atoms with Gasteiger partial charge in [-0.3, -0.25) is 13.6 Å². The predicted molar refractivity (Wildman–Crippen MR) is 139 cm³/mol. The fraction of sp³-hybridized carbons (Fsp3) is 0.556. The van der Waals surface area contributed by atoms with Crippen LogP contribution in [0.4, 0.5) is 0 Å². The van der Waals surface area contributed by atoms with Crippen molar-refractivity contribution in [2.24, 2.45) is 0 Å². The maximum atomic E-state index is 13.8. The summed E-state index contributed by atoms with van der Waals surface area (Å²) >= 11 is 0. The number of phosphoric ester groups is 1. The zero-order valence-corrected chi connectivity index (χ0v) is 23.1. The minimum absolute atomic E-state index is 0.157. The lowest BCUT2D eigenvalue weighted by atomic mass is 10.1. The molecule has 0 amide bonds. The van der Waals surface area contributed by atoms with Crippen LogP contribution < -0.4 is 0 Å². The van der Waals surface area contributed by atoms with Gasteiger partial charge in [0.25, 0.3) is 0 Å². The molecule has 0 radical (unpaired) electrons. The van der Waals surface area contributed by atoms with E-state index >= 15 is 0 Å². The van der Waals surface area contributed by atoms with Crippen LogP contribution in [-0.2, 0) is 48.2 Å². The summed E-state index contributed by atoms with van der Waals surface area (Å²) in [4.78, 5) is 0. The third-order valence-electron chi connectivity index (χ3n) is 7.39. The first-order chi connectivity index (χ1) is 16.0. The normalized spacial score (nSPS) is 17.2. The van der Waals surface area contributed by atoms with Gasteiger partial charge in [0, 0.05) is 6.61 Å². The molecular formula is C27H39O5PSi. The van der Waals surface area contributed by atoms with Gasteiger partial charge in [0.2, 0.25) is 0 Å². The van der Waals surface area contributed by atoms with Gasteiger partial charge in [0.1, 0.15) is 0 Å². The highest BCUT2D eigenvalue weighted by Crippen LogP contribution is 2.54. The minimum Gasteiger partial charge on any atom is -0.417 e. The van der Waals surface area contributed by atoms with Crippen LogP contribution in [0.25, 0.3) is 0 Å². The molecule has 0 fully saturated rings. The first-order valence-electron chi connectivity index (χ1n) is 12.4. The zero-order valence-electron chi connectivity index (χ0n) is 21.2. The summed E-state index contributed by atoms with van der Waals surface area (Å²) in [5.41, 5.74) is 4.98. The van der Waals surface area contributed by atoms with Crippen LogP contribution in [0.1, 0.15) is 49.4 Å². The third kappa shape index (κ3) is 6.29. The molecule has 2 aliphatic rings. The summed E-state index contributed by atoms with van der Waals surface area (Å²) in [5.74, 6) is 0. The van der Waals surface area contributed by atoms with E-state index < -0.39 is 16.1 Å². The van der Waals surface area contributed by atoms with Gasteiger partial charge in [0.05, 0.1) is 18.8 Å². The Morgan fingerprint density at radius 3 is 1.59 bits per heavy atom. The first kappa shape index (κ1) is 25.8. The summed E-state index contributed by atoms with van der Waals surface area (Å²) in [6.07, 6.45) is 3.17. The van der Waals surface area contributed by atoms with Gasteiger partial charge in [-0.1, -0.05) is 69.3 Å². The maximum absolute atomic E-state index is 13.8. The molecule has 7 heteroatoms. The van der Waals surface area contributed by atoms with Gasteiger partial charge in [-0.15, -0.1) is 0 Å². The van der Waals surface area contributed by atoms with E-state index in [1.54, 1.807) is 0 Å². The van der Waals surface area contributed by atoms with Crippen molar-refractivity contribution in [1.82, 2.24) is 0 Å². The van der Waals surface area contributed by atoms with Crippen LogP contribution in [0.2, 0.25) is 18.1 Å². The van der Waals surface area contributed by atoms with Crippen molar-refractivity contribution in [1.29, 1.82) is 0 Å². The van der Waals surface area contributed by atoms with Crippen molar-refractivity contribution < 1.29 is 22.6 Å². The number of fused-ring (bicyclic) bond motifs is 2. The van der Waals surface area contributed by atoms with Crippen molar-refractivity contribution >= 4 is 16.1 Å². The second-order valence-electron chi connectivity index (χ2n) is 11.1. The average Bonchev–Trinajstić information content (AvgIpc) is 3.34. The SMILES string of the molecule is CC(C)(C)[Si](C)(C)OCCCOP(=O)(OC1Cc2ccccc2C1)OC1Cc2ccccc2C1. The highest BCUT2D eigenvalue weighted by Gasteiger charge is 2.39. The van der Waals surface area contributed by atoms with Crippen molar-refractivity contribution in [2.45, 2.75) is 83.2 Å². The molecule has 0 atom stereocenters. The number of phosphoric acid groups is 1. The average molecular weight is 503 g/mol. The molecule has 0 heterocycles. The van der Waals surface area contributed by atoms with E-state index in [1.807, 2.05) is 24.3 Å². The fourth-order valence-corrected chi connectivity index (χ4v) is 7.06. The standard InChI is InChI=1S/C27H39O5PSi/c1-27(2,3)34(4,5)30-16-10-15-29-33(28,31-25-17-21-11-6-7-12-22(21)18-25)32-26-19-23-13-8-9-14-24(23)20-26/h6-9,11-14,25-26H,10,15-20H2,1-5H3. The Morgan fingerprint density at radius 1 is 0.794 bits per heavy atom. The topological polar surface area (TPSA) is 54.0 Å². The van der Waals surface area contributed by atoms with Crippen LogP contribution in [0.15, 0.2) is 48.5 Å². The van der Waals surface area contributed by atoms with Crippen LogP contribution in [-0.4, -0.2) is 33.7 Å². The van der Waals surface area contributed by atoms with Crippen LogP contribution in [0.3, 0.4) is 0 Å². The summed E-state index contributed by atoms with van der Waals surface area (Å²) in [5, 5.41) is 0.157. The molecule has 5 nitrogen and oxygen atoms in total. The van der Waals surface area contributed by atoms with E-state index in [9.17, 15) is 4.57 Å². The van der Waals surface area contributed by atoms with E-state index in [1.165, 1.54) is 22.3 Å². The maximum Gasteiger partial charge on any atom is 0.475 e. The van der Waals surface area contributed by atoms with Gasteiger partial charge < -0.3 is 4.43 Å². The molecule has 186 valence electrons. The molecule has 2 aromatic rings. The Balaban J connectivity index is 1.36. The number of hydrogen-bond donors (Lipinski definition) is 0. The van der Waals surface area contributed by atoms with Crippen molar-refractivity contribution in [2.75, 3.05) is 13.2 Å². The monoisotopic (exact) mass is 502 g/mol. The molecule has 0 N–H and O–H groups in total. The van der Waals surface area contributed by atoms with E-state index in [4.69, 9.17) is 18.0 Å². The highest BCUT2D eigenvalue weighted by molar-refractivity contribution is 7.48. The lowest BCUT2D eigenvalue weighted by Crippen LogP contribution is -2.41. The zero-order chi connectivity index (χ0) is 24.4. The molecule has 4 rings (SSSR count). The smallest absolute Gasteiger partial charge is 0.417 e. The van der Waals surface area contributed by atoms with E-state index in [0.29, 0.717) is 13.0 Å². The molecule has 0 spiro atoms. The van der Waals surface area contributed by atoms with Gasteiger partial charge in [-0.05, 0) is 72.5 Å². The molecule has 0 aromatic heterocycles. The molecule has 0 unspecified atom stereocenters. The van der Waals surface area contributed by atoms with Gasteiger partial charge >= 0.3 is 7.82 Å². The van der Waals surface area contributed by atoms with E-state index in [0.717, 1.165) is 25.7 Å². The lowest BCUT2D eigenvalue weighted by molar-refractivity contribution is 0.0552. The largest absolute Gasteiger partial charge is 0.475 e. The Bertz CT molecular complexity index is 920. The first-order valence-corrected chi connectivity index (χ1v) is 16.8. The summed E-state index contributed by atoms with van der Waals surface area (Å²) in [6.45, 7) is 12.0. The molecular weight excluding hydrogens is 463 g/mol. The second kappa shape index (κ2) is 10.4. The van der Waals surface area contributed by atoms with Crippen LogP contribution >= 0.6 is 7.82 Å². The van der Waals surface area contributed by atoms with E-state index in [-0.39, 0.29) is 23.9 Å². The van der Waals surface area contributed by atoms with Crippen molar-refractivity contribution in [3.63, 3.8) is 0 Å². The molecule has 0 aliphatic heterocycles. The van der Waals surface area contributed by atoms with Gasteiger partial charge in [0.15, 0.2) is 8.32 Å². The quantitative estimate of drug-likeness (QED) is 0.201. The summed E-state index contributed by atoms with van der Waals surface area (Å²) in [6, 6.07) is 16.6. The molecule has 0 bridgehead atoms. The Kier molecular flexibility index (Phi) is 7.88. The molecule has 2 aliphatic carbocycles. The van der Waals surface area contributed by atoms with Crippen LogP contribution in [0, 0.1) is 0 Å². The molecule has 0 saturated carbocycles. The van der Waals surface area contributed by atoms with Crippen molar-refractivity contribution in [3.05, 3.63) is 70.8 Å². The molecule has 34 heavy (non-hydrogen) atoms. The third-order valence-corrected chi connectivity index (χ3v) is 13.5. The van der Waals surface area contributed by atoms with E-state index in [2.05, 4.69) is 58.1 Å². The number of rotatable bonds is 10. The Labute approximate surface area is 205 Å². The predicted octanol–water partition coefficient (Wildman–Crippen LogP) is 6.89. The second-order valence-corrected chi connectivity index (χ2v) is 17.4. The highest BCUT2D eigenvalue weighted by atomic mass is 31.2. The van der Waals surface area contributed by atoms with Gasteiger partial charge in [-0.25, -0.2) is 4.57 Å². The van der Waals surface area contributed by atoms with Crippen molar-refractivity contribution in [3.8, 4) is 0 Å². The molecule has 0 saturated heterocycles. The summed E-state index contributed by atoms with van der Waals surface area (Å²) in [7, 11) is -5.55. The number of hydrogen-bond acceptors (Lipinski definition) is 5. The Morgan fingerprint density at radius 2 is 1.21 bits per heavy atom. The molecule has 2 aromatic carbocycles. The minimum atomic E-state index is -3.73. The number of benzene rings is 2. The Hall–Kier alpha value is -1.27. The fourth-order valence-electron chi connectivity index (χ4n) is 4.42. The van der Waals surface area contributed by atoms with Crippen LogP contribution in [0.5, 0.6) is 0 Å².